The fourth-order valence-corrected chi connectivity index (χ4v) is 2.55. The number of amides is 1. The van der Waals surface area contributed by atoms with Gasteiger partial charge >= 0.3 is 0 Å². The van der Waals surface area contributed by atoms with Crippen LogP contribution in [0.2, 0.25) is 0 Å². The molecular formula is C15H20N2O4. The molecule has 0 N–H and O–H groups in total. The van der Waals surface area contributed by atoms with E-state index < -0.39 is 0 Å². The van der Waals surface area contributed by atoms with Gasteiger partial charge in [-0.25, -0.2) is 0 Å². The van der Waals surface area contributed by atoms with Gasteiger partial charge < -0.3 is 19.1 Å². The monoisotopic (exact) mass is 292 g/mol. The molecule has 2 aliphatic heterocycles. The molecule has 0 aromatic heterocycles. The summed E-state index contributed by atoms with van der Waals surface area (Å²) in [7, 11) is 1.95. The number of hydrogen-bond acceptors (Lipinski definition) is 5. The van der Waals surface area contributed by atoms with E-state index in [1.54, 1.807) is 0 Å². The van der Waals surface area contributed by atoms with Crippen molar-refractivity contribution in [1.82, 2.24) is 9.80 Å². The molecule has 6 heteroatoms. The number of carbonyl (C=O) groups is 1. The Kier molecular flexibility index (Phi) is 4.26. The number of nitrogens with zero attached hydrogens (tertiary/aromatic N) is 2. The normalized spacial score (nSPS) is 17.3. The molecule has 0 bridgehead atoms. The first-order valence-corrected chi connectivity index (χ1v) is 7.15. The third-order valence-corrected chi connectivity index (χ3v) is 3.66. The summed E-state index contributed by atoms with van der Waals surface area (Å²) >= 11 is 0. The van der Waals surface area contributed by atoms with Crippen LogP contribution < -0.4 is 9.47 Å². The van der Waals surface area contributed by atoms with Crippen molar-refractivity contribution in [3.63, 3.8) is 0 Å². The van der Waals surface area contributed by atoms with Crippen molar-refractivity contribution in [2.24, 2.45) is 0 Å². The number of rotatable bonds is 4. The highest BCUT2D eigenvalue weighted by molar-refractivity contribution is 5.78. The maximum Gasteiger partial charge on any atom is 0.236 e. The number of hydrogen-bond donors (Lipinski definition) is 0. The Hall–Kier alpha value is -1.79. The molecule has 1 aromatic rings. The smallest absolute Gasteiger partial charge is 0.236 e. The zero-order chi connectivity index (χ0) is 14.7. The lowest BCUT2D eigenvalue weighted by Crippen LogP contribution is -2.44. The molecule has 0 unspecified atom stereocenters. The molecule has 21 heavy (non-hydrogen) atoms. The van der Waals surface area contributed by atoms with Crippen LogP contribution in [0, 0.1) is 0 Å². The van der Waals surface area contributed by atoms with Crippen molar-refractivity contribution in [3.8, 4) is 11.5 Å². The van der Waals surface area contributed by atoms with Gasteiger partial charge in [0.2, 0.25) is 12.7 Å². The Bertz CT molecular complexity index is 514. The van der Waals surface area contributed by atoms with Crippen LogP contribution >= 0.6 is 0 Å². The minimum Gasteiger partial charge on any atom is -0.454 e. The zero-order valence-corrected chi connectivity index (χ0v) is 12.2. The number of morpholine rings is 1. The lowest BCUT2D eigenvalue weighted by molar-refractivity contribution is -0.136. The first kappa shape index (κ1) is 14.2. The summed E-state index contributed by atoms with van der Waals surface area (Å²) < 4.78 is 15.9. The van der Waals surface area contributed by atoms with E-state index in [9.17, 15) is 4.79 Å². The Morgan fingerprint density at radius 3 is 2.81 bits per heavy atom. The van der Waals surface area contributed by atoms with Crippen molar-refractivity contribution in [3.05, 3.63) is 23.8 Å². The molecule has 2 aliphatic rings. The number of likely N-dealkylation sites (N-methyl/N-ethyl adjacent to an activating group) is 1. The van der Waals surface area contributed by atoms with Crippen LogP contribution in [0.25, 0.3) is 0 Å². The van der Waals surface area contributed by atoms with Gasteiger partial charge in [-0.2, -0.15) is 0 Å². The van der Waals surface area contributed by atoms with Crippen molar-refractivity contribution in [2.75, 3.05) is 46.7 Å². The van der Waals surface area contributed by atoms with Gasteiger partial charge in [0.15, 0.2) is 11.5 Å². The van der Waals surface area contributed by atoms with Crippen LogP contribution in [0.5, 0.6) is 11.5 Å². The molecule has 1 amide bonds. The van der Waals surface area contributed by atoms with Crippen LogP contribution in [0.1, 0.15) is 5.56 Å². The largest absolute Gasteiger partial charge is 0.454 e. The maximum atomic E-state index is 12.2. The van der Waals surface area contributed by atoms with Crippen molar-refractivity contribution in [1.29, 1.82) is 0 Å². The van der Waals surface area contributed by atoms with Gasteiger partial charge in [0.05, 0.1) is 19.8 Å². The molecule has 1 saturated heterocycles. The van der Waals surface area contributed by atoms with Crippen molar-refractivity contribution >= 4 is 5.91 Å². The van der Waals surface area contributed by atoms with Crippen molar-refractivity contribution < 1.29 is 19.0 Å². The van der Waals surface area contributed by atoms with Gasteiger partial charge in [-0.05, 0) is 24.7 Å². The Balaban J connectivity index is 1.53. The van der Waals surface area contributed by atoms with Crippen LogP contribution in [-0.2, 0) is 16.1 Å². The molecule has 1 aromatic carbocycles. The molecule has 0 radical (unpaired) electrons. The Morgan fingerprint density at radius 2 is 2.00 bits per heavy atom. The Morgan fingerprint density at radius 1 is 1.24 bits per heavy atom. The van der Waals surface area contributed by atoms with Gasteiger partial charge in [0, 0.05) is 19.6 Å². The maximum absolute atomic E-state index is 12.2. The van der Waals surface area contributed by atoms with E-state index in [4.69, 9.17) is 14.2 Å². The summed E-state index contributed by atoms with van der Waals surface area (Å²) in [6.07, 6.45) is 0. The number of fused-ring (bicyclic) bond motifs is 1. The third kappa shape index (κ3) is 3.46. The molecule has 0 saturated carbocycles. The molecule has 2 heterocycles. The molecule has 0 spiro atoms. The quantitative estimate of drug-likeness (QED) is 0.818. The summed E-state index contributed by atoms with van der Waals surface area (Å²) in [6, 6.07) is 5.89. The molecule has 1 fully saturated rings. The third-order valence-electron chi connectivity index (χ3n) is 3.66. The molecular weight excluding hydrogens is 272 g/mol. The van der Waals surface area contributed by atoms with Crippen LogP contribution in [0.15, 0.2) is 18.2 Å². The summed E-state index contributed by atoms with van der Waals surface area (Å²) in [5.41, 5.74) is 1.11. The molecule has 6 nitrogen and oxygen atoms in total. The topological polar surface area (TPSA) is 51.2 Å². The molecule has 3 rings (SSSR count). The number of ether oxygens (including phenoxy) is 3. The zero-order valence-electron chi connectivity index (χ0n) is 12.2. The predicted molar refractivity (Wildman–Crippen MR) is 76.3 cm³/mol. The molecule has 0 aliphatic carbocycles. The SMILES string of the molecule is CN(CC(=O)N1CCOCC1)Cc1ccc2c(c1)OCO2. The van der Waals surface area contributed by atoms with E-state index in [2.05, 4.69) is 0 Å². The number of carbonyl (C=O) groups excluding carboxylic acids is 1. The first-order chi connectivity index (χ1) is 10.2. The highest BCUT2D eigenvalue weighted by atomic mass is 16.7. The van der Waals surface area contributed by atoms with Gasteiger partial charge in [-0.1, -0.05) is 6.07 Å². The lowest BCUT2D eigenvalue weighted by Gasteiger charge is -2.28. The average Bonchev–Trinajstić information content (AvgIpc) is 2.95. The van der Waals surface area contributed by atoms with E-state index in [0.29, 0.717) is 39.4 Å². The van der Waals surface area contributed by atoms with Crippen LogP contribution in [0.3, 0.4) is 0 Å². The molecule has 0 atom stereocenters. The summed E-state index contributed by atoms with van der Waals surface area (Å²) in [5, 5.41) is 0. The lowest BCUT2D eigenvalue weighted by atomic mass is 10.2. The van der Waals surface area contributed by atoms with E-state index >= 15 is 0 Å². The van der Waals surface area contributed by atoms with Gasteiger partial charge in [0.1, 0.15) is 0 Å². The highest BCUT2D eigenvalue weighted by Gasteiger charge is 2.19. The van der Waals surface area contributed by atoms with Crippen LogP contribution in [-0.4, -0.2) is 62.4 Å². The predicted octanol–water partition coefficient (Wildman–Crippen LogP) is 0.706. The summed E-state index contributed by atoms with van der Waals surface area (Å²) in [6.45, 7) is 4.05. The first-order valence-electron chi connectivity index (χ1n) is 7.15. The fourth-order valence-electron chi connectivity index (χ4n) is 2.55. The van der Waals surface area contributed by atoms with E-state index in [0.717, 1.165) is 17.1 Å². The van der Waals surface area contributed by atoms with E-state index in [-0.39, 0.29) is 12.7 Å². The average molecular weight is 292 g/mol. The van der Waals surface area contributed by atoms with Gasteiger partial charge in [-0.15, -0.1) is 0 Å². The number of benzene rings is 1. The van der Waals surface area contributed by atoms with Gasteiger partial charge in [0.25, 0.3) is 0 Å². The standard InChI is InChI=1S/C15H20N2O4/c1-16(10-15(18)17-4-6-19-7-5-17)9-12-2-3-13-14(8-12)21-11-20-13/h2-3,8H,4-7,9-11H2,1H3. The highest BCUT2D eigenvalue weighted by Crippen LogP contribution is 2.32. The van der Waals surface area contributed by atoms with E-state index in [1.807, 2.05) is 35.0 Å². The minimum absolute atomic E-state index is 0.154. The molecule has 114 valence electrons. The van der Waals surface area contributed by atoms with Crippen molar-refractivity contribution in [2.45, 2.75) is 6.54 Å². The second-order valence-corrected chi connectivity index (χ2v) is 5.35. The summed E-state index contributed by atoms with van der Waals surface area (Å²) in [5.74, 6) is 1.72. The Labute approximate surface area is 124 Å². The van der Waals surface area contributed by atoms with Crippen LogP contribution in [0.4, 0.5) is 0 Å². The fraction of sp³-hybridized carbons (Fsp3) is 0.533. The second kappa shape index (κ2) is 6.32. The summed E-state index contributed by atoms with van der Waals surface area (Å²) in [4.78, 5) is 16.0. The second-order valence-electron chi connectivity index (χ2n) is 5.35. The van der Waals surface area contributed by atoms with E-state index in [1.165, 1.54) is 0 Å². The van der Waals surface area contributed by atoms with Gasteiger partial charge in [-0.3, -0.25) is 9.69 Å². The minimum atomic E-state index is 0.154.